The highest BCUT2D eigenvalue weighted by molar-refractivity contribution is 5.61. The molecule has 0 saturated heterocycles. The van der Waals surface area contributed by atoms with Gasteiger partial charge in [-0.05, 0) is 45.4 Å². The van der Waals surface area contributed by atoms with E-state index < -0.39 is 0 Å². The summed E-state index contributed by atoms with van der Waals surface area (Å²) in [5, 5.41) is 4.56. The first-order valence-electron chi connectivity index (χ1n) is 7.03. The van der Waals surface area contributed by atoms with Crippen LogP contribution in [0.2, 0.25) is 0 Å². The van der Waals surface area contributed by atoms with Crippen molar-refractivity contribution in [1.82, 2.24) is 14.8 Å². The maximum Gasteiger partial charge on any atom is 0.231 e. The van der Waals surface area contributed by atoms with Crippen molar-refractivity contribution in [1.29, 1.82) is 0 Å². The van der Waals surface area contributed by atoms with E-state index in [4.69, 9.17) is 15.2 Å². The van der Waals surface area contributed by atoms with Crippen LogP contribution in [-0.2, 0) is 6.54 Å². The smallest absolute Gasteiger partial charge is 0.231 e. The van der Waals surface area contributed by atoms with Gasteiger partial charge in [-0.25, -0.2) is 9.67 Å². The topological polar surface area (TPSA) is 75.2 Å². The van der Waals surface area contributed by atoms with Gasteiger partial charge in [0.25, 0.3) is 0 Å². The highest BCUT2D eigenvalue weighted by atomic mass is 16.7. The molecule has 0 saturated carbocycles. The van der Waals surface area contributed by atoms with Crippen molar-refractivity contribution in [2.45, 2.75) is 39.3 Å². The molecule has 0 bridgehead atoms. The average Bonchev–Trinajstić information content (AvgIpc) is 3.01. The molecule has 0 spiro atoms. The Kier molecular flexibility index (Phi) is 3.33. The third-order valence-electron chi connectivity index (χ3n) is 3.46. The molecule has 0 atom stereocenters. The van der Waals surface area contributed by atoms with Gasteiger partial charge in [0.1, 0.15) is 5.82 Å². The third kappa shape index (κ3) is 3.00. The largest absolute Gasteiger partial charge is 0.454 e. The number of hydrogen-bond donors (Lipinski definition) is 1. The van der Waals surface area contributed by atoms with Crippen LogP contribution in [0.5, 0.6) is 11.5 Å². The summed E-state index contributed by atoms with van der Waals surface area (Å²) in [6.07, 6.45) is 0.845. The molecule has 6 heteroatoms. The van der Waals surface area contributed by atoms with Crippen molar-refractivity contribution in [3.8, 4) is 22.9 Å². The quantitative estimate of drug-likeness (QED) is 0.932. The minimum atomic E-state index is -0.211. The highest BCUT2D eigenvalue weighted by Crippen LogP contribution is 2.35. The molecule has 1 aliphatic heterocycles. The van der Waals surface area contributed by atoms with Crippen molar-refractivity contribution in [2.75, 3.05) is 6.79 Å². The number of aryl methyl sites for hydroxylation is 2. The molecule has 2 N–H and O–H groups in total. The lowest BCUT2D eigenvalue weighted by molar-refractivity contribution is 0.174. The molecule has 0 unspecified atom stereocenters. The zero-order valence-electron chi connectivity index (χ0n) is 12.6. The first-order chi connectivity index (χ1) is 9.92. The maximum atomic E-state index is 6.02. The van der Waals surface area contributed by atoms with E-state index in [2.05, 4.69) is 10.1 Å². The van der Waals surface area contributed by atoms with Crippen LogP contribution in [0.4, 0.5) is 0 Å². The first kappa shape index (κ1) is 13.9. The Morgan fingerprint density at radius 3 is 2.81 bits per heavy atom. The fraction of sp³-hybridized carbons (Fsp3) is 0.467. The number of benzene rings is 1. The number of aromatic nitrogens is 3. The van der Waals surface area contributed by atoms with Gasteiger partial charge < -0.3 is 15.2 Å². The molecule has 2 aromatic rings. The summed E-state index contributed by atoms with van der Waals surface area (Å²) in [6, 6.07) is 5.74. The van der Waals surface area contributed by atoms with Crippen molar-refractivity contribution >= 4 is 0 Å². The van der Waals surface area contributed by atoms with Gasteiger partial charge in [0, 0.05) is 17.6 Å². The van der Waals surface area contributed by atoms with E-state index in [1.165, 1.54) is 0 Å². The molecule has 1 aliphatic rings. The third-order valence-corrected chi connectivity index (χ3v) is 3.46. The predicted molar refractivity (Wildman–Crippen MR) is 79.2 cm³/mol. The fourth-order valence-electron chi connectivity index (χ4n) is 2.18. The number of hydrogen-bond acceptors (Lipinski definition) is 5. The Morgan fingerprint density at radius 1 is 1.29 bits per heavy atom. The predicted octanol–water partition coefficient (Wildman–Crippen LogP) is 2.11. The molecule has 1 aromatic heterocycles. The van der Waals surface area contributed by atoms with E-state index in [9.17, 15) is 0 Å². The van der Waals surface area contributed by atoms with Crippen molar-refractivity contribution in [3.63, 3.8) is 0 Å². The highest BCUT2D eigenvalue weighted by Gasteiger charge is 2.17. The molecule has 112 valence electrons. The molecule has 0 aliphatic carbocycles. The SMILES string of the molecule is Cc1nc(-c2ccc3c(c2)OCO3)nn1CCC(C)(C)N. The monoisotopic (exact) mass is 288 g/mol. The Balaban J connectivity index is 1.83. The van der Waals surface area contributed by atoms with Gasteiger partial charge in [-0.15, -0.1) is 0 Å². The summed E-state index contributed by atoms with van der Waals surface area (Å²) in [6.45, 7) is 7.00. The van der Waals surface area contributed by atoms with Crippen LogP contribution >= 0.6 is 0 Å². The van der Waals surface area contributed by atoms with Crippen LogP contribution < -0.4 is 15.2 Å². The van der Waals surface area contributed by atoms with Crippen molar-refractivity contribution in [3.05, 3.63) is 24.0 Å². The second kappa shape index (κ2) is 5.04. The molecular weight excluding hydrogens is 268 g/mol. The molecule has 0 fully saturated rings. The van der Waals surface area contributed by atoms with E-state index in [1.54, 1.807) is 0 Å². The molecule has 2 heterocycles. The van der Waals surface area contributed by atoms with E-state index in [0.29, 0.717) is 5.82 Å². The van der Waals surface area contributed by atoms with Gasteiger partial charge >= 0.3 is 0 Å². The molecule has 21 heavy (non-hydrogen) atoms. The molecular formula is C15H20N4O2. The number of nitrogens with zero attached hydrogens (tertiary/aromatic N) is 3. The van der Waals surface area contributed by atoms with Gasteiger partial charge in [0.15, 0.2) is 17.3 Å². The number of nitrogens with two attached hydrogens (primary N) is 1. The summed E-state index contributed by atoms with van der Waals surface area (Å²) in [4.78, 5) is 4.52. The van der Waals surface area contributed by atoms with Crippen LogP contribution in [0.3, 0.4) is 0 Å². The van der Waals surface area contributed by atoms with Crippen LogP contribution in [0.25, 0.3) is 11.4 Å². The standard InChI is InChI=1S/C15H20N4O2/c1-10-17-14(18-19(10)7-6-15(2,3)16)11-4-5-12-13(8-11)21-9-20-12/h4-5,8H,6-7,9,16H2,1-3H3. The Bertz CT molecular complexity index is 658. The molecule has 6 nitrogen and oxygen atoms in total. The van der Waals surface area contributed by atoms with Crippen LogP contribution in [0, 0.1) is 6.92 Å². The average molecular weight is 288 g/mol. The Morgan fingerprint density at radius 2 is 2.05 bits per heavy atom. The van der Waals surface area contributed by atoms with Gasteiger partial charge in [-0.1, -0.05) is 0 Å². The second-order valence-corrected chi connectivity index (χ2v) is 6.01. The Hall–Kier alpha value is -2.08. The van der Waals surface area contributed by atoms with E-state index in [0.717, 1.165) is 35.9 Å². The summed E-state index contributed by atoms with van der Waals surface area (Å²) in [5.41, 5.74) is 6.73. The lowest BCUT2D eigenvalue weighted by Gasteiger charge is -2.17. The molecule has 0 amide bonds. The summed E-state index contributed by atoms with van der Waals surface area (Å²) in [7, 11) is 0. The van der Waals surface area contributed by atoms with E-state index in [-0.39, 0.29) is 12.3 Å². The van der Waals surface area contributed by atoms with E-state index >= 15 is 0 Å². The maximum absolute atomic E-state index is 6.02. The lowest BCUT2D eigenvalue weighted by Crippen LogP contribution is -2.33. The summed E-state index contributed by atoms with van der Waals surface area (Å²) < 4.78 is 12.6. The van der Waals surface area contributed by atoms with Crippen molar-refractivity contribution in [2.24, 2.45) is 5.73 Å². The summed E-state index contributed by atoms with van der Waals surface area (Å²) >= 11 is 0. The molecule has 1 aromatic carbocycles. The zero-order valence-corrected chi connectivity index (χ0v) is 12.6. The van der Waals surface area contributed by atoms with Crippen molar-refractivity contribution < 1.29 is 9.47 Å². The fourth-order valence-corrected chi connectivity index (χ4v) is 2.18. The van der Waals surface area contributed by atoms with Gasteiger partial charge in [-0.3, -0.25) is 0 Å². The lowest BCUT2D eigenvalue weighted by atomic mass is 10.0. The minimum absolute atomic E-state index is 0.211. The van der Waals surface area contributed by atoms with Crippen LogP contribution in [-0.4, -0.2) is 27.1 Å². The van der Waals surface area contributed by atoms with Crippen LogP contribution in [0.15, 0.2) is 18.2 Å². The summed E-state index contributed by atoms with van der Waals surface area (Å²) in [5.74, 6) is 3.08. The van der Waals surface area contributed by atoms with E-state index in [1.807, 2.05) is 43.7 Å². The van der Waals surface area contributed by atoms with Gasteiger partial charge in [-0.2, -0.15) is 5.10 Å². The first-order valence-corrected chi connectivity index (χ1v) is 7.03. The van der Waals surface area contributed by atoms with Gasteiger partial charge in [0.05, 0.1) is 0 Å². The van der Waals surface area contributed by atoms with Gasteiger partial charge in [0.2, 0.25) is 6.79 Å². The number of ether oxygens (including phenoxy) is 2. The second-order valence-electron chi connectivity index (χ2n) is 6.01. The Labute approximate surface area is 123 Å². The number of fused-ring (bicyclic) bond motifs is 1. The van der Waals surface area contributed by atoms with Crippen LogP contribution in [0.1, 0.15) is 26.1 Å². The molecule has 0 radical (unpaired) electrons. The molecule has 3 rings (SSSR count). The normalized spacial score (nSPS) is 13.7. The number of rotatable bonds is 4. The zero-order chi connectivity index (χ0) is 15.0. The minimum Gasteiger partial charge on any atom is -0.454 e.